The zero-order valence-corrected chi connectivity index (χ0v) is 11.9. The Balaban J connectivity index is 2.24. The molecule has 0 atom stereocenters. The van der Waals surface area contributed by atoms with E-state index in [4.69, 9.17) is 0 Å². The van der Waals surface area contributed by atoms with Gasteiger partial charge >= 0.3 is 0 Å². The van der Waals surface area contributed by atoms with Crippen molar-refractivity contribution in [2.24, 2.45) is 5.92 Å². The lowest BCUT2D eigenvalue weighted by atomic mass is 10.1. The standard InChI is InChI=1S/C16H21N3/c1-12(2)8-4-7-11-15-18-14-10-6-5-9-13(14)16(17-3)19-15/h5-7,9-12H,4,8H2,1-3H3,(H,17,18,19). The highest BCUT2D eigenvalue weighted by atomic mass is 15.0. The predicted molar refractivity (Wildman–Crippen MR) is 82.2 cm³/mol. The average Bonchev–Trinajstić information content (AvgIpc) is 2.42. The van der Waals surface area contributed by atoms with E-state index >= 15 is 0 Å². The van der Waals surface area contributed by atoms with E-state index < -0.39 is 0 Å². The van der Waals surface area contributed by atoms with Gasteiger partial charge in [-0.25, -0.2) is 9.97 Å². The fourth-order valence-electron chi connectivity index (χ4n) is 1.98. The Morgan fingerprint density at radius 3 is 2.74 bits per heavy atom. The molecule has 0 aliphatic rings. The molecule has 19 heavy (non-hydrogen) atoms. The molecule has 2 aromatic rings. The fourth-order valence-corrected chi connectivity index (χ4v) is 1.98. The summed E-state index contributed by atoms with van der Waals surface area (Å²) in [6, 6.07) is 8.06. The van der Waals surface area contributed by atoms with Crippen LogP contribution in [0, 0.1) is 5.92 Å². The van der Waals surface area contributed by atoms with E-state index in [1.54, 1.807) is 0 Å². The van der Waals surface area contributed by atoms with Gasteiger partial charge in [0.15, 0.2) is 5.82 Å². The summed E-state index contributed by atoms with van der Waals surface area (Å²) in [5.74, 6) is 2.39. The molecule has 0 saturated heterocycles. The first-order valence-corrected chi connectivity index (χ1v) is 6.81. The number of benzene rings is 1. The zero-order valence-electron chi connectivity index (χ0n) is 11.9. The topological polar surface area (TPSA) is 37.8 Å². The molecule has 0 aliphatic carbocycles. The van der Waals surface area contributed by atoms with Gasteiger partial charge in [-0.05, 0) is 37.0 Å². The van der Waals surface area contributed by atoms with Gasteiger partial charge in [-0.15, -0.1) is 0 Å². The van der Waals surface area contributed by atoms with Gasteiger partial charge in [0.05, 0.1) is 5.52 Å². The van der Waals surface area contributed by atoms with Crippen LogP contribution in [0.5, 0.6) is 0 Å². The number of fused-ring (bicyclic) bond motifs is 1. The van der Waals surface area contributed by atoms with Crippen LogP contribution in [0.15, 0.2) is 30.3 Å². The number of para-hydroxylation sites is 1. The third kappa shape index (κ3) is 3.53. The monoisotopic (exact) mass is 255 g/mol. The van der Waals surface area contributed by atoms with Crippen LogP contribution in [0.4, 0.5) is 5.82 Å². The Morgan fingerprint density at radius 2 is 2.00 bits per heavy atom. The van der Waals surface area contributed by atoms with Crippen LogP contribution in [-0.2, 0) is 0 Å². The summed E-state index contributed by atoms with van der Waals surface area (Å²) in [4.78, 5) is 9.09. The van der Waals surface area contributed by atoms with E-state index in [1.165, 1.54) is 6.42 Å². The van der Waals surface area contributed by atoms with Crippen molar-refractivity contribution in [3.05, 3.63) is 36.2 Å². The molecule has 0 bridgehead atoms. The van der Waals surface area contributed by atoms with Crippen molar-refractivity contribution in [3.63, 3.8) is 0 Å². The molecule has 1 N–H and O–H groups in total. The zero-order chi connectivity index (χ0) is 13.7. The Hall–Kier alpha value is -1.90. The molecule has 1 aromatic carbocycles. The number of nitrogens with zero attached hydrogens (tertiary/aromatic N) is 2. The van der Waals surface area contributed by atoms with E-state index in [2.05, 4.69) is 35.2 Å². The maximum Gasteiger partial charge on any atom is 0.154 e. The second-order valence-electron chi connectivity index (χ2n) is 5.07. The molecule has 2 rings (SSSR count). The number of rotatable bonds is 5. The van der Waals surface area contributed by atoms with E-state index in [9.17, 15) is 0 Å². The second kappa shape index (κ2) is 6.32. The molecular weight excluding hydrogens is 234 g/mol. The fraction of sp³-hybridized carbons (Fsp3) is 0.375. The predicted octanol–water partition coefficient (Wildman–Crippen LogP) is 4.12. The molecule has 0 saturated carbocycles. The largest absolute Gasteiger partial charge is 0.373 e. The molecule has 3 nitrogen and oxygen atoms in total. The summed E-state index contributed by atoms with van der Waals surface area (Å²) in [7, 11) is 1.89. The summed E-state index contributed by atoms with van der Waals surface area (Å²) >= 11 is 0. The molecule has 0 amide bonds. The number of allylic oxidation sites excluding steroid dienone is 1. The molecule has 0 fully saturated rings. The number of aromatic nitrogens is 2. The Morgan fingerprint density at radius 1 is 1.21 bits per heavy atom. The van der Waals surface area contributed by atoms with Crippen LogP contribution in [0.1, 0.15) is 32.5 Å². The van der Waals surface area contributed by atoms with Crippen molar-refractivity contribution < 1.29 is 0 Å². The highest BCUT2D eigenvalue weighted by Crippen LogP contribution is 2.20. The van der Waals surface area contributed by atoms with Crippen LogP contribution >= 0.6 is 0 Å². The minimum atomic E-state index is 0.732. The number of nitrogens with one attached hydrogen (secondary N) is 1. The highest BCUT2D eigenvalue weighted by Gasteiger charge is 2.03. The van der Waals surface area contributed by atoms with Gasteiger partial charge in [-0.2, -0.15) is 0 Å². The minimum Gasteiger partial charge on any atom is -0.373 e. The maximum atomic E-state index is 4.56. The van der Waals surface area contributed by atoms with Gasteiger partial charge < -0.3 is 5.32 Å². The van der Waals surface area contributed by atoms with E-state index in [1.807, 2.05) is 37.4 Å². The lowest BCUT2D eigenvalue weighted by molar-refractivity contribution is 0.595. The number of hydrogen-bond donors (Lipinski definition) is 1. The van der Waals surface area contributed by atoms with Crippen molar-refractivity contribution >= 4 is 22.8 Å². The lowest BCUT2D eigenvalue weighted by Crippen LogP contribution is -1.98. The van der Waals surface area contributed by atoms with E-state index in [-0.39, 0.29) is 0 Å². The van der Waals surface area contributed by atoms with Gasteiger partial charge in [-0.3, -0.25) is 0 Å². The minimum absolute atomic E-state index is 0.732. The van der Waals surface area contributed by atoms with Gasteiger partial charge in [0.25, 0.3) is 0 Å². The summed E-state index contributed by atoms with van der Waals surface area (Å²) in [6.07, 6.45) is 6.44. The van der Waals surface area contributed by atoms with Crippen LogP contribution in [-0.4, -0.2) is 17.0 Å². The van der Waals surface area contributed by atoms with Crippen LogP contribution in [0.2, 0.25) is 0 Å². The maximum absolute atomic E-state index is 4.56. The molecule has 0 aliphatic heterocycles. The molecule has 1 heterocycles. The van der Waals surface area contributed by atoms with E-state index in [0.29, 0.717) is 0 Å². The SMILES string of the molecule is CNc1nc(C=CCCC(C)C)nc2ccccc12. The quantitative estimate of drug-likeness (QED) is 0.873. The van der Waals surface area contributed by atoms with Crippen molar-refractivity contribution in [3.8, 4) is 0 Å². The number of hydrogen-bond acceptors (Lipinski definition) is 3. The van der Waals surface area contributed by atoms with Gasteiger partial charge in [-0.1, -0.05) is 32.1 Å². The molecule has 0 unspecified atom stereocenters. The molecule has 1 aromatic heterocycles. The van der Waals surface area contributed by atoms with E-state index in [0.717, 1.165) is 34.9 Å². The van der Waals surface area contributed by atoms with Crippen molar-refractivity contribution in [2.45, 2.75) is 26.7 Å². The summed E-state index contributed by atoms with van der Waals surface area (Å²) in [6.45, 7) is 4.47. The van der Waals surface area contributed by atoms with Crippen LogP contribution in [0.25, 0.3) is 17.0 Å². The molecular formula is C16H21N3. The molecule has 3 heteroatoms. The first-order valence-electron chi connectivity index (χ1n) is 6.81. The molecule has 100 valence electrons. The molecule has 0 radical (unpaired) electrons. The second-order valence-corrected chi connectivity index (χ2v) is 5.07. The van der Waals surface area contributed by atoms with Crippen LogP contribution < -0.4 is 5.32 Å². The van der Waals surface area contributed by atoms with Gasteiger partial charge in [0.1, 0.15) is 5.82 Å². The Kier molecular flexibility index (Phi) is 4.50. The first kappa shape index (κ1) is 13.5. The first-order chi connectivity index (χ1) is 9.20. The lowest BCUT2D eigenvalue weighted by Gasteiger charge is -2.05. The normalized spacial score (nSPS) is 11.6. The molecule has 0 spiro atoms. The smallest absolute Gasteiger partial charge is 0.154 e. The van der Waals surface area contributed by atoms with Crippen molar-refractivity contribution in [2.75, 3.05) is 12.4 Å². The Labute approximate surface area is 114 Å². The summed E-state index contributed by atoms with van der Waals surface area (Å²) in [5, 5.41) is 4.19. The average molecular weight is 255 g/mol. The van der Waals surface area contributed by atoms with Crippen molar-refractivity contribution in [1.29, 1.82) is 0 Å². The highest BCUT2D eigenvalue weighted by molar-refractivity contribution is 5.89. The summed E-state index contributed by atoms with van der Waals surface area (Å²) < 4.78 is 0. The third-order valence-electron chi connectivity index (χ3n) is 3.03. The van der Waals surface area contributed by atoms with Gasteiger partial charge in [0.2, 0.25) is 0 Å². The third-order valence-corrected chi connectivity index (χ3v) is 3.03. The van der Waals surface area contributed by atoms with Crippen LogP contribution in [0.3, 0.4) is 0 Å². The number of anilines is 1. The van der Waals surface area contributed by atoms with Crippen molar-refractivity contribution in [1.82, 2.24) is 9.97 Å². The van der Waals surface area contributed by atoms with Gasteiger partial charge in [0, 0.05) is 12.4 Å². The Bertz CT molecular complexity index is 573. The summed E-state index contributed by atoms with van der Waals surface area (Å²) in [5.41, 5.74) is 0.977.